The first kappa shape index (κ1) is 12.3. The van der Waals surface area contributed by atoms with Crippen molar-refractivity contribution in [3.8, 4) is 11.3 Å². The molecule has 1 heterocycles. The van der Waals surface area contributed by atoms with E-state index in [1.807, 2.05) is 32.0 Å². The zero-order valence-electron chi connectivity index (χ0n) is 9.32. The average Bonchev–Trinajstić information content (AvgIpc) is 2.60. The quantitative estimate of drug-likeness (QED) is 0.915. The first-order valence-corrected chi connectivity index (χ1v) is 6.57. The molecule has 3 nitrogen and oxygen atoms in total. The summed E-state index contributed by atoms with van der Waals surface area (Å²) in [4.78, 5) is 15.7. The van der Waals surface area contributed by atoms with Crippen LogP contribution in [0.4, 0.5) is 0 Å². The van der Waals surface area contributed by atoms with Gasteiger partial charge in [0.2, 0.25) is 0 Å². The molecule has 2 aromatic rings. The fraction of sp³-hybridized carbons (Fsp3) is 0.167. The summed E-state index contributed by atoms with van der Waals surface area (Å²) in [6.45, 7) is 3.97. The van der Waals surface area contributed by atoms with Gasteiger partial charge in [-0.1, -0.05) is 35.1 Å². The van der Waals surface area contributed by atoms with Crippen molar-refractivity contribution in [2.24, 2.45) is 0 Å². The molecule has 0 amide bonds. The summed E-state index contributed by atoms with van der Waals surface area (Å²) >= 11 is 4.37. The van der Waals surface area contributed by atoms with Crippen molar-refractivity contribution in [3.05, 3.63) is 38.1 Å². The molecule has 1 aromatic heterocycles. The molecule has 1 N–H and O–H groups in total. The Morgan fingerprint density at radius 1 is 1.41 bits per heavy atom. The number of hydrogen-bond donors (Lipinski definition) is 1. The molecular formula is C12H10BrNO2S. The van der Waals surface area contributed by atoms with Gasteiger partial charge < -0.3 is 5.11 Å². The number of aromatic carboxylic acids is 1. The van der Waals surface area contributed by atoms with Crippen molar-refractivity contribution >= 4 is 33.2 Å². The molecule has 0 bridgehead atoms. The van der Waals surface area contributed by atoms with E-state index in [2.05, 4.69) is 20.9 Å². The van der Waals surface area contributed by atoms with Gasteiger partial charge in [0.15, 0.2) is 3.92 Å². The highest BCUT2D eigenvalue weighted by atomic mass is 79.9. The number of hydrogen-bond acceptors (Lipinski definition) is 3. The smallest absolute Gasteiger partial charge is 0.348 e. The van der Waals surface area contributed by atoms with E-state index in [0.29, 0.717) is 9.61 Å². The Hall–Kier alpha value is -1.20. The van der Waals surface area contributed by atoms with Crippen molar-refractivity contribution in [3.63, 3.8) is 0 Å². The molecule has 0 atom stereocenters. The van der Waals surface area contributed by atoms with E-state index in [0.717, 1.165) is 28.0 Å². The monoisotopic (exact) mass is 311 g/mol. The zero-order chi connectivity index (χ0) is 12.6. The van der Waals surface area contributed by atoms with Gasteiger partial charge >= 0.3 is 5.97 Å². The first-order chi connectivity index (χ1) is 7.99. The van der Waals surface area contributed by atoms with E-state index < -0.39 is 5.97 Å². The van der Waals surface area contributed by atoms with Crippen molar-refractivity contribution in [1.82, 2.24) is 4.98 Å². The third-order valence-corrected chi connectivity index (χ3v) is 3.93. The van der Waals surface area contributed by atoms with Crippen LogP contribution in [0.15, 0.2) is 22.1 Å². The molecular weight excluding hydrogens is 302 g/mol. The minimum atomic E-state index is -0.942. The number of rotatable bonds is 2. The van der Waals surface area contributed by atoms with Gasteiger partial charge in [-0.2, -0.15) is 0 Å². The van der Waals surface area contributed by atoms with Crippen LogP contribution >= 0.6 is 27.3 Å². The number of aryl methyl sites for hydroxylation is 2. The van der Waals surface area contributed by atoms with Gasteiger partial charge in [0.05, 0.1) is 5.69 Å². The molecule has 0 fully saturated rings. The number of carboxylic acid groups (broad SMARTS) is 1. The lowest BCUT2D eigenvalue weighted by Crippen LogP contribution is -1.96. The third-order valence-electron chi connectivity index (χ3n) is 2.43. The van der Waals surface area contributed by atoms with Crippen LogP contribution in [0.3, 0.4) is 0 Å². The minimum Gasteiger partial charge on any atom is -0.477 e. The predicted molar refractivity (Wildman–Crippen MR) is 71.7 cm³/mol. The highest BCUT2D eigenvalue weighted by molar-refractivity contribution is 9.11. The lowest BCUT2D eigenvalue weighted by Gasteiger charge is -2.04. The second-order valence-corrected chi connectivity index (χ2v) is 6.04. The summed E-state index contributed by atoms with van der Waals surface area (Å²) in [6.07, 6.45) is 0. The SMILES string of the molecule is Cc1ccc(-c2nc(Br)sc2C(=O)O)c(C)c1. The van der Waals surface area contributed by atoms with Crippen LogP contribution in [0, 0.1) is 13.8 Å². The van der Waals surface area contributed by atoms with Gasteiger partial charge in [-0.25, -0.2) is 9.78 Å². The van der Waals surface area contributed by atoms with Gasteiger partial charge in [0, 0.05) is 5.56 Å². The Morgan fingerprint density at radius 2 is 2.12 bits per heavy atom. The van der Waals surface area contributed by atoms with Gasteiger partial charge in [-0.15, -0.1) is 0 Å². The van der Waals surface area contributed by atoms with Crippen LogP contribution in [0.5, 0.6) is 0 Å². The number of nitrogens with zero attached hydrogens (tertiary/aromatic N) is 1. The predicted octanol–water partition coefficient (Wildman–Crippen LogP) is 3.89. The summed E-state index contributed by atoms with van der Waals surface area (Å²) in [5.74, 6) is -0.942. The molecule has 0 aliphatic carbocycles. The van der Waals surface area contributed by atoms with Crippen LogP contribution in [0.1, 0.15) is 20.8 Å². The van der Waals surface area contributed by atoms with Crippen LogP contribution in [0.2, 0.25) is 0 Å². The molecule has 0 saturated carbocycles. The maximum atomic E-state index is 11.1. The topological polar surface area (TPSA) is 50.2 Å². The van der Waals surface area contributed by atoms with Crippen LogP contribution in [0.25, 0.3) is 11.3 Å². The molecule has 17 heavy (non-hydrogen) atoms. The van der Waals surface area contributed by atoms with E-state index in [-0.39, 0.29) is 4.88 Å². The second kappa shape index (κ2) is 4.58. The normalized spacial score (nSPS) is 10.5. The van der Waals surface area contributed by atoms with Crippen LogP contribution in [-0.2, 0) is 0 Å². The van der Waals surface area contributed by atoms with E-state index in [4.69, 9.17) is 5.11 Å². The summed E-state index contributed by atoms with van der Waals surface area (Å²) in [6, 6.07) is 5.90. The molecule has 88 valence electrons. The lowest BCUT2D eigenvalue weighted by atomic mass is 10.0. The van der Waals surface area contributed by atoms with Crippen LogP contribution in [-0.4, -0.2) is 16.1 Å². The molecule has 5 heteroatoms. The van der Waals surface area contributed by atoms with Gasteiger partial charge in [-0.3, -0.25) is 0 Å². The first-order valence-electron chi connectivity index (χ1n) is 4.96. The van der Waals surface area contributed by atoms with E-state index >= 15 is 0 Å². The molecule has 0 unspecified atom stereocenters. The Labute approximate surface area is 111 Å². The second-order valence-electron chi connectivity index (χ2n) is 3.77. The minimum absolute atomic E-state index is 0.267. The van der Waals surface area contributed by atoms with E-state index in [1.54, 1.807) is 0 Å². The molecule has 0 spiro atoms. The van der Waals surface area contributed by atoms with Crippen molar-refractivity contribution < 1.29 is 9.90 Å². The number of thiazole rings is 1. The highest BCUT2D eigenvalue weighted by Crippen LogP contribution is 2.33. The van der Waals surface area contributed by atoms with E-state index in [9.17, 15) is 4.79 Å². The van der Waals surface area contributed by atoms with Crippen molar-refractivity contribution in [2.75, 3.05) is 0 Å². The average molecular weight is 312 g/mol. The molecule has 0 saturated heterocycles. The fourth-order valence-electron chi connectivity index (χ4n) is 1.70. The molecule has 0 aliphatic rings. The third kappa shape index (κ3) is 2.40. The van der Waals surface area contributed by atoms with E-state index in [1.165, 1.54) is 0 Å². The number of carbonyl (C=O) groups is 1. The molecule has 1 aromatic carbocycles. The maximum absolute atomic E-state index is 11.1. The molecule has 0 aliphatic heterocycles. The Balaban J connectivity index is 2.63. The Morgan fingerprint density at radius 3 is 2.71 bits per heavy atom. The van der Waals surface area contributed by atoms with Crippen molar-refractivity contribution in [1.29, 1.82) is 0 Å². The highest BCUT2D eigenvalue weighted by Gasteiger charge is 2.18. The van der Waals surface area contributed by atoms with Crippen LogP contribution < -0.4 is 0 Å². The largest absolute Gasteiger partial charge is 0.477 e. The molecule has 2 rings (SSSR count). The van der Waals surface area contributed by atoms with Crippen molar-refractivity contribution in [2.45, 2.75) is 13.8 Å². The molecule has 0 radical (unpaired) electrons. The zero-order valence-corrected chi connectivity index (χ0v) is 11.7. The number of carboxylic acids is 1. The Kier molecular flexibility index (Phi) is 3.31. The van der Waals surface area contributed by atoms with Gasteiger partial charge in [0.25, 0.3) is 0 Å². The Bertz CT molecular complexity index is 592. The summed E-state index contributed by atoms with van der Waals surface area (Å²) in [5.41, 5.74) is 3.59. The number of aromatic nitrogens is 1. The number of halogens is 1. The summed E-state index contributed by atoms with van der Waals surface area (Å²) < 4.78 is 0.588. The summed E-state index contributed by atoms with van der Waals surface area (Å²) in [5, 5.41) is 9.14. The van der Waals surface area contributed by atoms with Gasteiger partial charge in [-0.05, 0) is 35.3 Å². The fourth-order valence-corrected chi connectivity index (χ4v) is 3.01. The van der Waals surface area contributed by atoms with Gasteiger partial charge in [0.1, 0.15) is 4.88 Å². The lowest BCUT2D eigenvalue weighted by molar-refractivity contribution is 0.0702. The maximum Gasteiger partial charge on any atom is 0.348 e. The standard InChI is InChI=1S/C12H10BrNO2S/c1-6-3-4-8(7(2)5-6)9-10(11(15)16)17-12(13)14-9/h3-5H,1-2H3,(H,15,16). The summed E-state index contributed by atoms with van der Waals surface area (Å²) in [7, 11) is 0. The number of benzene rings is 1.